The van der Waals surface area contributed by atoms with Crippen molar-refractivity contribution >= 4 is 11.5 Å². The number of hydrogen-bond acceptors (Lipinski definition) is 6. The molecule has 1 saturated heterocycles. The average molecular weight is 289 g/mol. The predicted molar refractivity (Wildman–Crippen MR) is 72.8 cm³/mol. The molecule has 0 aromatic heterocycles. The normalized spacial score (nSPS) is 32.7. The van der Waals surface area contributed by atoms with Gasteiger partial charge in [0.2, 0.25) is 11.6 Å². The van der Waals surface area contributed by atoms with E-state index >= 15 is 0 Å². The molecular formula is C15H15NO5. The number of hydrogen-bond donors (Lipinski definition) is 3. The highest BCUT2D eigenvalue weighted by molar-refractivity contribution is 5.99. The highest BCUT2D eigenvalue weighted by atomic mass is 16.7. The molecular weight excluding hydrogens is 274 g/mol. The third kappa shape index (κ3) is 1.73. The van der Waals surface area contributed by atoms with Gasteiger partial charge in [-0.25, -0.2) is 0 Å². The van der Waals surface area contributed by atoms with Gasteiger partial charge in [0, 0.05) is 12.7 Å². The number of carbonyl (C=O) groups is 1. The lowest BCUT2D eigenvalue weighted by Crippen LogP contribution is -2.50. The molecule has 1 aromatic carbocycles. The minimum Gasteiger partial charge on any atom is -0.476 e. The van der Waals surface area contributed by atoms with Crippen molar-refractivity contribution in [3.63, 3.8) is 0 Å². The van der Waals surface area contributed by atoms with Gasteiger partial charge in [0.15, 0.2) is 5.60 Å². The van der Waals surface area contributed by atoms with Crippen LogP contribution < -0.4 is 10.1 Å². The number of rotatable bonds is 2. The summed E-state index contributed by atoms with van der Waals surface area (Å²) in [7, 11) is 0. The second-order valence-electron chi connectivity index (χ2n) is 5.70. The molecule has 3 N–H and O–H groups in total. The van der Waals surface area contributed by atoms with E-state index in [2.05, 4.69) is 5.32 Å². The van der Waals surface area contributed by atoms with Crippen molar-refractivity contribution in [2.24, 2.45) is 0 Å². The summed E-state index contributed by atoms with van der Waals surface area (Å²) in [5.41, 5.74) is 1.51. The maximum atomic E-state index is 11.9. The molecule has 3 aliphatic rings. The van der Waals surface area contributed by atoms with Crippen LogP contribution in [0.1, 0.15) is 12.0 Å². The summed E-state index contributed by atoms with van der Waals surface area (Å²) < 4.78 is 11.3. The molecule has 0 saturated carbocycles. The number of ether oxygens (including phenoxy) is 2. The van der Waals surface area contributed by atoms with E-state index in [0.717, 1.165) is 11.3 Å². The first-order chi connectivity index (χ1) is 10.0. The summed E-state index contributed by atoms with van der Waals surface area (Å²) in [5, 5.41) is 22.4. The molecule has 4 rings (SSSR count). The van der Waals surface area contributed by atoms with Crippen molar-refractivity contribution in [3.8, 4) is 5.75 Å². The Hall–Kier alpha value is -1.89. The highest BCUT2D eigenvalue weighted by Crippen LogP contribution is 2.49. The second kappa shape index (κ2) is 4.07. The predicted octanol–water partition coefficient (Wildman–Crippen LogP) is 0.340. The highest BCUT2D eigenvalue weighted by Gasteiger charge is 2.61. The van der Waals surface area contributed by atoms with Crippen LogP contribution in [-0.2, 0) is 16.0 Å². The average Bonchev–Trinajstić information content (AvgIpc) is 2.75. The van der Waals surface area contributed by atoms with E-state index in [9.17, 15) is 9.90 Å². The zero-order valence-corrected chi connectivity index (χ0v) is 11.3. The first-order valence-corrected chi connectivity index (χ1v) is 6.87. The van der Waals surface area contributed by atoms with Crippen molar-refractivity contribution in [3.05, 3.63) is 35.5 Å². The molecule has 1 aromatic rings. The molecule has 2 aliphatic heterocycles. The lowest BCUT2D eigenvalue weighted by molar-refractivity contribution is -0.181. The zero-order valence-electron chi connectivity index (χ0n) is 11.3. The van der Waals surface area contributed by atoms with Gasteiger partial charge in [-0.05, 0) is 24.1 Å². The summed E-state index contributed by atoms with van der Waals surface area (Å²) in [5.74, 6) is -1.59. The van der Waals surface area contributed by atoms with Crippen molar-refractivity contribution in [2.75, 3.05) is 18.5 Å². The van der Waals surface area contributed by atoms with Gasteiger partial charge in [-0.3, -0.25) is 4.79 Å². The molecule has 0 radical (unpaired) electrons. The molecule has 1 aliphatic carbocycles. The molecule has 6 nitrogen and oxygen atoms in total. The Morgan fingerprint density at radius 1 is 1.38 bits per heavy atom. The Morgan fingerprint density at radius 2 is 2.24 bits per heavy atom. The molecule has 1 spiro atoms. The van der Waals surface area contributed by atoms with E-state index in [1.165, 1.54) is 6.08 Å². The molecule has 0 unspecified atom stereocenters. The number of aliphatic hydroxyl groups is 2. The Morgan fingerprint density at radius 3 is 3.05 bits per heavy atom. The summed E-state index contributed by atoms with van der Waals surface area (Å²) in [6.45, 7) is 0.192. The van der Waals surface area contributed by atoms with Crippen LogP contribution in [-0.4, -0.2) is 40.6 Å². The van der Waals surface area contributed by atoms with E-state index in [1.807, 2.05) is 18.2 Å². The fourth-order valence-corrected chi connectivity index (χ4v) is 3.10. The van der Waals surface area contributed by atoms with Crippen LogP contribution in [0.5, 0.6) is 5.75 Å². The lowest BCUT2D eigenvalue weighted by Gasteiger charge is -2.39. The Balaban J connectivity index is 1.77. The smallest absolute Gasteiger partial charge is 0.235 e. The number of anilines is 1. The van der Waals surface area contributed by atoms with Crippen LogP contribution in [0, 0.1) is 0 Å². The van der Waals surface area contributed by atoms with Crippen LogP contribution in [0.25, 0.3) is 0 Å². The van der Waals surface area contributed by atoms with Crippen molar-refractivity contribution in [2.45, 2.75) is 24.2 Å². The second-order valence-corrected chi connectivity index (χ2v) is 5.70. The van der Waals surface area contributed by atoms with Gasteiger partial charge in [-0.1, -0.05) is 6.07 Å². The van der Waals surface area contributed by atoms with E-state index in [0.29, 0.717) is 17.9 Å². The van der Waals surface area contributed by atoms with E-state index in [4.69, 9.17) is 14.6 Å². The number of aliphatic hydroxyl groups excluding tert-OH is 1. The van der Waals surface area contributed by atoms with Gasteiger partial charge >= 0.3 is 0 Å². The fourth-order valence-electron chi connectivity index (χ4n) is 3.10. The van der Waals surface area contributed by atoms with Gasteiger partial charge in [-0.15, -0.1) is 0 Å². The largest absolute Gasteiger partial charge is 0.476 e. The number of carbonyl (C=O) groups excluding carboxylic acids is 1. The molecule has 2 bridgehead atoms. The Labute approximate surface area is 121 Å². The number of nitrogens with one attached hydrogen (secondary N) is 1. The molecule has 2 heterocycles. The minimum absolute atomic E-state index is 0.0693. The quantitative estimate of drug-likeness (QED) is 0.727. The third-order valence-corrected chi connectivity index (χ3v) is 4.24. The summed E-state index contributed by atoms with van der Waals surface area (Å²) in [6, 6.07) is 5.61. The molecule has 0 amide bonds. The van der Waals surface area contributed by atoms with Crippen LogP contribution in [0.2, 0.25) is 0 Å². The van der Waals surface area contributed by atoms with E-state index in [1.54, 1.807) is 0 Å². The van der Waals surface area contributed by atoms with Crippen molar-refractivity contribution in [1.29, 1.82) is 0 Å². The maximum Gasteiger partial charge on any atom is 0.235 e. The van der Waals surface area contributed by atoms with Crippen molar-refractivity contribution < 1.29 is 24.5 Å². The maximum absolute atomic E-state index is 11.9. The molecule has 110 valence electrons. The van der Waals surface area contributed by atoms with E-state index < -0.39 is 17.2 Å². The van der Waals surface area contributed by atoms with Crippen LogP contribution in [0.4, 0.5) is 5.69 Å². The molecule has 6 heteroatoms. The number of fused-ring (bicyclic) bond motifs is 2. The standard InChI is InChI=1S/C15H15NO5/c17-4-3-9-1-2-10-11(5-9)21-14-7-15(19,20-8-14)13(18)6-12(14)16-10/h1-2,5-6,16-17,19H,3-4,7-8H2/t14-,15+/m0/s1. The van der Waals surface area contributed by atoms with Crippen molar-refractivity contribution in [1.82, 2.24) is 0 Å². The third-order valence-electron chi connectivity index (χ3n) is 4.24. The topological polar surface area (TPSA) is 88.0 Å². The Kier molecular flexibility index (Phi) is 2.48. The van der Waals surface area contributed by atoms with Crippen LogP contribution >= 0.6 is 0 Å². The summed E-state index contributed by atoms with van der Waals surface area (Å²) in [6.07, 6.45) is 1.99. The molecule has 21 heavy (non-hydrogen) atoms. The first-order valence-electron chi connectivity index (χ1n) is 6.87. The SMILES string of the molecule is O=C1C=C2Nc3ccc(CCO)cc3O[C@@]23CO[C@]1(O)C3. The number of benzene rings is 1. The zero-order chi connectivity index (χ0) is 14.7. The van der Waals surface area contributed by atoms with Gasteiger partial charge in [0.25, 0.3) is 0 Å². The summed E-state index contributed by atoms with van der Waals surface area (Å²) in [4.78, 5) is 11.9. The monoisotopic (exact) mass is 289 g/mol. The van der Waals surface area contributed by atoms with Crippen LogP contribution in [0.3, 0.4) is 0 Å². The first kappa shape index (κ1) is 12.8. The lowest BCUT2D eigenvalue weighted by atomic mass is 9.85. The van der Waals surface area contributed by atoms with Gasteiger partial charge in [-0.2, -0.15) is 0 Å². The molecule has 2 atom stereocenters. The van der Waals surface area contributed by atoms with Gasteiger partial charge in [0.1, 0.15) is 5.75 Å². The van der Waals surface area contributed by atoms with Crippen LogP contribution in [0.15, 0.2) is 30.0 Å². The fraction of sp³-hybridized carbons (Fsp3) is 0.400. The number of ketones is 1. The minimum atomic E-state index is -1.77. The Bertz CT molecular complexity index is 670. The van der Waals surface area contributed by atoms with Gasteiger partial charge in [0.05, 0.1) is 24.4 Å². The van der Waals surface area contributed by atoms with Gasteiger partial charge < -0.3 is 25.0 Å². The van der Waals surface area contributed by atoms with E-state index in [-0.39, 0.29) is 19.6 Å². The summed E-state index contributed by atoms with van der Waals surface area (Å²) >= 11 is 0. The molecule has 1 fully saturated rings.